The molecule has 4 N–H and O–H groups in total. The standard InChI is InChI=1S/C30H36N4O4.C29H36N4O4/c1-21-5-3-4-6-26(21)30(38-17-23-7-8-23)18-34(19-30)29(36)27(15-22-9-12-25(37-2)13-10-22)33-28(35)14-11-24-16-31-20-32-24;1-4-15-37-29(25-8-6-5-7-21(25)2)18-33(19-29)28(35)26(16-22-9-12-24(36-3)13-10-22)32-27(34)14-11-23-17-30-20-31-23/h3-6,9-10,12-13,16,20,23,27H,7-8,11,14-15,17-19H2,1-2H3,(H,31,32)(H,33,35);5-10,12-13,17,20,26H,4,11,14-16,18-19H2,1-3H3,(H,30,31)(H,32,34)/t27-;26-/m11/s1. The number of aromatic amines is 2. The topological polar surface area (TPSA) is 193 Å². The minimum Gasteiger partial charge on any atom is -0.497 e. The zero-order chi connectivity index (χ0) is 52.8. The van der Waals surface area contributed by atoms with Crippen LogP contribution in [-0.4, -0.2) is 119 Å². The number of imidazole rings is 2. The highest BCUT2D eigenvalue weighted by molar-refractivity contribution is 5.89. The number of aromatic nitrogens is 4. The van der Waals surface area contributed by atoms with E-state index in [1.165, 1.54) is 12.8 Å². The van der Waals surface area contributed by atoms with Crippen molar-refractivity contribution >= 4 is 23.6 Å². The highest BCUT2D eigenvalue weighted by atomic mass is 16.5. The second-order valence-corrected chi connectivity index (χ2v) is 20.1. The smallest absolute Gasteiger partial charge is 0.245 e. The summed E-state index contributed by atoms with van der Waals surface area (Å²) in [6.07, 6.45) is 12.4. The number of benzene rings is 4. The van der Waals surface area contributed by atoms with Crippen LogP contribution in [0.3, 0.4) is 0 Å². The number of methoxy groups -OCH3 is 2. The molecule has 396 valence electrons. The molecule has 0 spiro atoms. The van der Waals surface area contributed by atoms with Crippen molar-refractivity contribution in [2.75, 3.05) is 53.6 Å². The Hall–Kier alpha value is -7.30. The van der Waals surface area contributed by atoms with Crippen molar-refractivity contribution in [1.82, 2.24) is 40.4 Å². The van der Waals surface area contributed by atoms with Crippen molar-refractivity contribution in [1.29, 1.82) is 0 Å². The Bertz CT molecular complexity index is 2780. The van der Waals surface area contributed by atoms with E-state index in [1.54, 1.807) is 44.2 Å². The van der Waals surface area contributed by atoms with Crippen LogP contribution in [0.15, 0.2) is 122 Å². The molecule has 6 aromatic rings. The van der Waals surface area contributed by atoms with Gasteiger partial charge in [-0.1, -0.05) is 79.7 Å². The Kier molecular flexibility index (Phi) is 18.2. The van der Waals surface area contributed by atoms with Gasteiger partial charge < -0.3 is 49.3 Å². The summed E-state index contributed by atoms with van der Waals surface area (Å²) in [7, 11) is 3.24. The number of hydrogen-bond donors (Lipinski definition) is 4. The van der Waals surface area contributed by atoms with Gasteiger partial charge in [0.2, 0.25) is 23.6 Å². The van der Waals surface area contributed by atoms with E-state index in [0.717, 1.165) is 69.3 Å². The van der Waals surface area contributed by atoms with Crippen molar-refractivity contribution in [3.8, 4) is 11.5 Å². The summed E-state index contributed by atoms with van der Waals surface area (Å²) in [4.78, 5) is 71.0. The van der Waals surface area contributed by atoms with Gasteiger partial charge >= 0.3 is 0 Å². The molecule has 16 heteroatoms. The van der Waals surface area contributed by atoms with E-state index in [4.69, 9.17) is 18.9 Å². The monoisotopic (exact) mass is 1020 g/mol. The molecule has 0 bridgehead atoms. The lowest BCUT2D eigenvalue weighted by atomic mass is 9.82. The molecule has 16 nitrogen and oxygen atoms in total. The number of nitrogens with zero attached hydrogens (tertiary/aromatic N) is 4. The first kappa shape index (κ1) is 54.0. The third kappa shape index (κ3) is 14.1. The molecule has 9 rings (SSSR count). The van der Waals surface area contributed by atoms with Gasteiger partial charge in [-0.3, -0.25) is 19.2 Å². The molecule has 0 radical (unpaired) electrons. The van der Waals surface area contributed by atoms with Gasteiger partial charge in [0.1, 0.15) is 34.8 Å². The summed E-state index contributed by atoms with van der Waals surface area (Å²) in [6, 6.07) is 30.3. The van der Waals surface area contributed by atoms with Crippen LogP contribution in [0.5, 0.6) is 11.5 Å². The van der Waals surface area contributed by atoms with E-state index in [0.29, 0.717) is 64.4 Å². The average molecular weight is 1020 g/mol. The predicted molar refractivity (Wildman–Crippen MR) is 285 cm³/mol. The van der Waals surface area contributed by atoms with Gasteiger partial charge in [0.25, 0.3) is 0 Å². The summed E-state index contributed by atoms with van der Waals surface area (Å²) >= 11 is 0. The van der Waals surface area contributed by atoms with Crippen molar-refractivity contribution in [2.45, 2.75) is 102 Å². The Morgan fingerprint density at radius 3 is 1.43 bits per heavy atom. The van der Waals surface area contributed by atoms with Crippen LogP contribution >= 0.6 is 0 Å². The number of ether oxygens (including phenoxy) is 4. The van der Waals surface area contributed by atoms with Gasteiger partial charge in [-0.2, -0.15) is 0 Å². The van der Waals surface area contributed by atoms with Gasteiger partial charge in [0.05, 0.1) is 71.0 Å². The van der Waals surface area contributed by atoms with Crippen LogP contribution in [0.1, 0.15) is 83.8 Å². The van der Waals surface area contributed by atoms with Gasteiger partial charge in [-0.25, -0.2) is 9.97 Å². The molecule has 75 heavy (non-hydrogen) atoms. The summed E-state index contributed by atoms with van der Waals surface area (Å²) < 4.78 is 23.4. The Balaban J connectivity index is 0.000000199. The molecule has 2 aromatic heterocycles. The SMILES string of the molecule is CCCOC1(c2ccccc2C)CN(C(=O)[C@@H](Cc2ccc(OC)cc2)NC(=O)CCc2c[nH]cn2)C1.COc1ccc(C[C@@H](NC(=O)CCc2c[nH]cn2)C(=O)N2CC(OCC3CC3)(c3ccccc3C)C2)cc1. The molecule has 1 aliphatic carbocycles. The van der Waals surface area contributed by atoms with Crippen molar-refractivity contribution in [3.05, 3.63) is 167 Å². The molecule has 4 heterocycles. The van der Waals surface area contributed by atoms with Gasteiger partial charge in [0.15, 0.2) is 0 Å². The lowest BCUT2D eigenvalue weighted by molar-refractivity contribution is -0.176. The zero-order valence-corrected chi connectivity index (χ0v) is 43.9. The number of amides is 4. The highest BCUT2D eigenvalue weighted by Crippen LogP contribution is 2.41. The third-order valence-electron chi connectivity index (χ3n) is 14.3. The number of carbonyl (C=O) groups is 4. The normalized spacial score (nSPS) is 16.0. The molecular formula is C59H72N8O8. The van der Waals surface area contributed by atoms with E-state index < -0.39 is 23.3 Å². The number of nitrogens with one attached hydrogen (secondary N) is 4. The summed E-state index contributed by atoms with van der Waals surface area (Å²) in [5, 5.41) is 5.99. The highest BCUT2D eigenvalue weighted by Gasteiger charge is 2.51. The minimum atomic E-state index is -0.680. The van der Waals surface area contributed by atoms with Crippen molar-refractivity contribution < 1.29 is 38.1 Å². The Morgan fingerprint density at radius 2 is 1.05 bits per heavy atom. The molecular weight excluding hydrogens is 949 g/mol. The maximum absolute atomic E-state index is 13.8. The molecule has 2 saturated heterocycles. The van der Waals surface area contributed by atoms with E-state index in [9.17, 15) is 19.2 Å². The fourth-order valence-corrected chi connectivity index (χ4v) is 9.87. The average Bonchev–Trinajstić information content (AvgIpc) is 3.80. The van der Waals surface area contributed by atoms with Gasteiger partial charge in [-0.15, -0.1) is 0 Å². The Morgan fingerprint density at radius 1 is 0.627 bits per heavy atom. The summed E-state index contributed by atoms with van der Waals surface area (Å²) in [6.45, 7) is 9.45. The number of likely N-dealkylation sites (tertiary alicyclic amines) is 2. The molecule has 0 unspecified atom stereocenters. The number of carbonyl (C=O) groups excluding carboxylic acids is 4. The molecule has 3 aliphatic rings. The molecule has 4 amide bonds. The van der Waals surface area contributed by atoms with E-state index >= 15 is 0 Å². The lowest BCUT2D eigenvalue weighted by Crippen LogP contribution is -2.66. The van der Waals surface area contributed by atoms with Crippen LogP contribution in [-0.2, 0) is 65.5 Å². The maximum atomic E-state index is 13.8. The quantitative estimate of drug-likeness (QED) is 0.0486. The van der Waals surface area contributed by atoms with Crippen LogP contribution in [0.2, 0.25) is 0 Å². The van der Waals surface area contributed by atoms with Crippen LogP contribution < -0.4 is 20.1 Å². The fourth-order valence-electron chi connectivity index (χ4n) is 9.87. The first-order valence-electron chi connectivity index (χ1n) is 26.2. The second kappa shape index (κ2) is 25.3. The lowest BCUT2D eigenvalue weighted by Gasteiger charge is -2.51. The molecule has 3 fully saturated rings. The summed E-state index contributed by atoms with van der Waals surface area (Å²) in [5.74, 6) is 1.57. The van der Waals surface area contributed by atoms with Crippen LogP contribution in [0.25, 0.3) is 0 Å². The fraction of sp³-hybridized carbons (Fsp3) is 0.424. The number of hydrogen-bond acceptors (Lipinski definition) is 10. The van der Waals surface area contributed by atoms with Gasteiger partial charge in [-0.05, 0) is 110 Å². The van der Waals surface area contributed by atoms with E-state index in [2.05, 4.69) is 75.6 Å². The maximum Gasteiger partial charge on any atom is 0.245 e. The predicted octanol–water partition coefficient (Wildman–Crippen LogP) is 7.10. The molecule has 1 saturated carbocycles. The van der Waals surface area contributed by atoms with E-state index in [1.807, 2.05) is 77.7 Å². The molecule has 2 aliphatic heterocycles. The largest absolute Gasteiger partial charge is 0.497 e. The summed E-state index contributed by atoms with van der Waals surface area (Å²) in [5.41, 5.74) is 7.06. The molecule has 2 atom stereocenters. The van der Waals surface area contributed by atoms with Gasteiger partial charge in [0, 0.05) is 44.7 Å². The van der Waals surface area contributed by atoms with Crippen LogP contribution in [0, 0.1) is 19.8 Å². The zero-order valence-electron chi connectivity index (χ0n) is 43.9. The first-order chi connectivity index (χ1) is 36.4. The first-order valence-corrected chi connectivity index (χ1v) is 26.2. The number of H-pyrrole nitrogens is 2. The van der Waals surface area contributed by atoms with Crippen LogP contribution in [0.4, 0.5) is 0 Å². The third-order valence-corrected chi connectivity index (χ3v) is 14.3. The van der Waals surface area contributed by atoms with E-state index in [-0.39, 0.29) is 36.5 Å². The number of rotatable bonds is 24. The van der Waals surface area contributed by atoms with Crippen molar-refractivity contribution in [2.24, 2.45) is 5.92 Å². The second-order valence-electron chi connectivity index (χ2n) is 20.1. The van der Waals surface area contributed by atoms with Crippen molar-refractivity contribution in [3.63, 3.8) is 0 Å². The minimum absolute atomic E-state index is 0.0897. The Labute approximate surface area is 440 Å². The number of aryl methyl sites for hydroxylation is 4. The molecule has 4 aromatic carbocycles.